The van der Waals surface area contributed by atoms with Crippen LogP contribution < -0.4 is 15.5 Å². The van der Waals surface area contributed by atoms with E-state index in [9.17, 15) is 4.79 Å². The molecule has 4 fully saturated rings. The fraction of sp³-hybridized carbons (Fsp3) is 0.600. The van der Waals surface area contributed by atoms with E-state index in [1.165, 1.54) is 30.9 Å². The van der Waals surface area contributed by atoms with Gasteiger partial charge in [-0.25, -0.2) is 0 Å². The Hall–Kier alpha value is -1.70. The normalized spacial score (nSPS) is 30.6. The highest BCUT2D eigenvalue weighted by atomic mass is 32.1. The Morgan fingerprint density at radius 1 is 1.22 bits per heavy atom. The summed E-state index contributed by atoms with van der Waals surface area (Å²) in [7, 11) is 0. The second kappa shape index (κ2) is 7.04. The molecule has 1 amide bonds. The molecule has 2 N–H and O–H groups in total. The van der Waals surface area contributed by atoms with Crippen LogP contribution in [-0.4, -0.2) is 67.1 Å². The maximum atomic E-state index is 12.9. The zero-order valence-corrected chi connectivity index (χ0v) is 16.6. The van der Waals surface area contributed by atoms with Crippen molar-refractivity contribution < 1.29 is 4.79 Å². The van der Waals surface area contributed by atoms with Crippen molar-refractivity contribution in [3.8, 4) is 0 Å². The number of hydrogen-bond donors (Lipinski definition) is 2. The standard InChI is InChI=1S/C20H27N5OS/c1-13-19(14-2-6-24(13)7-3-14)23-20(26)16-11-17-15(12-22-16)10-18(27-17)25-8-4-21-5-9-25/h10-14,19,21H,2-9H2,1H3,(H,23,26)/t13-,19-/m0/s1. The number of nitrogens with one attached hydrogen (secondary N) is 2. The predicted molar refractivity (Wildman–Crippen MR) is 110 cm³/mol. The van der Waals surface area contributed by atoms with Crippen LogP contribution >= 0.6 is 11.3 Å². The first kappa shape index (κ1) is 17.4. The monoisotopic (exact) mass is 385 g/mol. The van der Waals surface area contributed by atoms with Gasteiger partial charge in [0.05, 0.1) is 5.00 Å². The summed E-state index contributed by atoms with van der Waals surface area (Å²) < 4.78 is 1.14. The number of amides is 1. The molecule has 6 nitrogen and oxygen atoms in total. The third-order valence-electron chi connectivity index (χ3n) is 6.53. The van der Waals surface area contributed by atoms with Gasteiger partial charge in [0, 0.05) is 54.5 Å². The average molecular weight is 386 g/mol. The summed E-state index contributed by atoms with van der Waals surface area (Å²) in [6.45, 7) is 8.71. The van der Waals surface area contributed by atoms with E-state index < -0.39 is 0 Å². The number of anilines is 1. The van der Waals surface area contributed by atoms with Crippen LogP contribution in [0.1, 0.15) is 30.3 Å². The zero-order valence-electron chi connectivity index (χ0n) is 15.8. The Kier molecular flexibility index (Phi) is 4.53. The Morgan fingerprint density at radius 2 is 2.00 bits per heavy atom. The first-order valence-corrected chi connectivity index (χ1v) is 10.9. The zero-order chi connectivity index (χ0) is 18.4. The number of piperazine rings is 1. The lowest BCUT2D eigenvalue weighted by atomic mass is 9.79. The molecular weight excluding hydrogens is 358 g/mol. The number of thiophene rings is 1. The summed E-state index contributed by atoms with van der Waals surface area (Å²) in [6, 6.07) is 4.84. The number of carbonyl (C=O) groups excluding carboxylic acids is 1. The molecule has 6 heterocycles. The molecule has 0 aromatic carbocycles. The van der Waals surface area contributed by atoms with Crippen molar-refractivity contribution in [1.29, 1.82) is 0 Å². The van der Waals surface area contributed by atoms with Crippen LogP contribution in [0.3, 0.4) is 0 Å². The van der Waals surface area contributed by atoms with Gasteiger partial charge in [-0.1, -0.05) is 0 Å². The van der Waals surface area contributed by atoms with Crippen molar-refractivity contribution in [3.05, 3.63) is 24.0 Å². The van der Waals surface area contributed by atoms with Crippen molar-refractivity contribution in [2.45, 2.75) is 31.8 Å². The highest BCUT2D eigenvalue weighted by molar-refractivity contribution is 7.22. The Bertz CT molecular complexity index is 836. The maximum absolute atomic E-state index is 12.9. The summed E-state index contributed by atoms with van der Waals surface area (Å²) in [5, 5.41) is 9.09. The van der Waals surface area contributed by atoms with Crippen molar-refractivity contribution >= 4 is 32.3 Å². The van der Waals surface area contributed by atoms with Gasteiger partial charge in [-0.05, 0) is 50.9 Å². The third kappa shape index (κ3) is 3.22. The lowest BCUT2D eigenvalue weighted by Crippen LogP contribution is -2.62. The lowest BCUT2D eigenvalue weighted by molar-refractivity contribution is 0.0216. The van der Waals surface area contributed by atoms with Gasteiger partial charge >= 0.3 is 0 Å². The summed E-state index contributed by atoms with van der Waals surface area (Å²) >= 11 is 1.76. The summed E-state index contributed by atoms with van der Waals surface area (Å²) in [6.07, 6.45) is 4.24. The number of hydrogen-bond acceptors (Lipinski definition) is 6. The smallest absolute Gasteiger partial charge is 0.270 e. The van der Waals surface area contributed by atoms with Crippen LogP contribution in [0.25, 0.3) is 10.1 Å². The fourth-order valence-electron chi connectivity index (χ4n) is 4.86. The predicted octanol–water partition coefficient (Wildman–Crippen LogP) is 1.92. The van der Waals surface area contributed by atoms with Gasteiger partial charge < -0.3 is 15.5 Å². The average Bonchev–Trinajstić information content (AvgIpc) is 3.15. The molecule has 0 aliphatic carbocycles. The van der Waals surface area contributed by atoms with E-state index in [0.717, 1.165) is 36.3 Å². The van der Waals surface area contributed by atoms with Crippen molar-refractivity contribution in [2.75, 3.05) is 44.2 Å². The number of aromatic nitrogens is 1. The van der Waals surface area contributed by atoms with E-state index in [1.807, 2.05) is 12.3 Å². The molecule has 4 aliphatic heterocycles. The summed E-state index contributed by atoms with van der Waals surface area (Å²) in [5.74, 6) is 0.582. The van der Waals surface area contributed by atoms with Crippen molar-refractivity contribution in [3.63, 3.8) is 0 Å². The highest BCUT2D eigenvalue weighted by Crippen LogP contribution is 2.34. The van der Waals surface area contributed by atoms with Gasteiger partial charge in [-0.15, -0.1) is 11.3 Å². The molecule has 2 aromatic rings. The number of rotatable bonds is 3. The molecule has 27 heavy (non-hydrogen) atoms. The first-order chi connectivity index (χ1) is 13.2. The Labute approximate surface area is 163 Å². The van der Waals surface area contributed by atoms with Gasteiger partial charge in [-0.2, -0.15) is 0 Å². The third-order valence-corrected chi connectivity index (χ3v) is 7.68. The molecule has 0 saturated carbocycles. The van der Waals surface area contributed by atoms with E-state index in [-0.39, 0.29) is 11.9 Å². The molecule has 2 aromatic heterocycles. The van der Waals surface area contributed by atoms with Gasteiger partial charge in [0.1, 0.15) is 5.69 Å². The van der Waals surface area contributed by atoms with E-state index >= 15 is 0 Å². The number of carbonyl (C=O) groups is 1. The SMILES string of the molecule is C[C@H]1[C@H](NC(=O)c2cc3sc(N4CCNCC4)cc3cn2)C2CCN1CC2. The first-order valence-electron chi connectivity index (χ1n) is 10.1. The van der Waals surface area contributed by atoms with Gasteiger partial charge in [0.2, 0.25) is 0 Å². The minimum atomic E-state index is -0.0281. The van der Waals surface area contributed by atoms with E-state index in [0.29, 0.717) is 17.7 Å². The molecule has 2 bridgehead atoms. The van der Waals surface area contributed by atoms with Crippen LogP contribution in [0, 0.1) is 5.92 Å². The second-order valence-electron chi connectivity index (χ2n) is 8.04. The molecule has 7 heteroatoms. The topological polar surface area (TPSA) is 60.5 Å². The minimum Gasteiger partial charge on any atom is -0.361 e. The number of piperidine rings is 3. The maximum Gasteiger partial charge on any atom is 0.270 e. The molecule has 6 rings (SSSR count). The number of pyridine rings is 1. The van der Waals surface area contributed by atoms with Crippen molar-refractivity contribution in [1.82, 2.24) is 20.5 Å². The van der Waals surface area contributed by atoms with Crippen LogP contribution in [0.2, 0.25) is 0 Å². The van der Waals surface area contributed by atoms with Crippen LogP contribution in [0.15, 0.2) is 18.3 Å². The Balaban J connectivity index is 1.34. The fourth-order valence-corrected chi connectivity index (χ4v) is 5.98. The summed E-state index contributed by atoms with van der Waals surface area (Å²) in [4.78, 5) is 22.3. The Morgan fingerprint density at radius 3 is 2.74 bits per heavy atom. The van der Waals surface area contributed by atoms with Crippen LogP contribution in [-0.2, 0) is 0 Å². The molecule has 0 unspecified atom stereocenters. The molecule has 2 atom stereocenters. The lowest BCUT2D eigenvalue weighted by Gasteiger charge is -2.49. The minimum absolute atomic E-state index is 0.0281. The highest BCUT2D eigenvalue weighted by Gasteiger charge is 2.40. The van der Waals surface area contributed by atoms with Crippen LogP contribution in [0.5, 0.6) is 0 Å². The van der Waals surface area contributed by atoms with Crippen LogP contribution in [0.4, 0.5) is 5.00 Å². The van der Waals surface area contributed by atoms with E-state index in [2.05, 4.69) is 38.4 Å². The molecule has 0 radical (unpaired) electrons. The van der Waals surface area contributed by atoms with E-state index in [1.54, 1.807) is 11.3 Å². The summed E-state index contributed by atoms with van der Waals surface area (Å²) in [5.41, 5.74) is 0.542. The van der Waals surface area contributed by atoms with Gasteiger partial charge in [-0.3, -0.25) is 14.7 Å². The quantitative estimate of drug-likeness (QED) is 0.845. The molecule has 0 spiro atoms. The largest absolute Gasteiger partial charge is 0.361 e. The van der Waals surface area contributed by atoms with Crippen molar-refractivity contribution in [2.24, 2.45) is 5.92 Å². The molecule has 4 aliphatic rings. The van der Waals surface area contributed by atoms with E-state index in [4.69, 9.17) is 0 Å². The molecular formula is C20H27N5OS. The molecule has 144 valence electrons. The second-order valence-corrected chi connectivity index (χ2v) is 9.10. The molecule has 4 saturated heterocycles. The number of fused-ring (bicyclic) bond motifs is 4. The number of nitrogens with zero attached hydrogens (tertiary/aromatic N) is 3. The van der Waals surface area contributed by atoms with Gasteiger partial charge in [0.15, 0.2) is 0 Å². The van der Waals surface area contributed by atoms with Gasteiger partial charge in [0.25, 0.3) is 5.91 Å².